The maximum Gasteiger partial charge on any atom is 0.168 e. The fourth-order valence-electron chi connectivity index (χ4n) is 2.12. The van der Waals surface area contributed by atoms with Crippen LogP contribution in [0, 0.1) is 5.92 Å². The molecule has 1 N–H and O–H groups in total. The van der Waals surface area contributed by atoms with Crippen molar-refractivity contribution in [2.24, 2.45) is 5.92 Å². The van der Waals surface area contributed by atoms with Crippen LogP contribution in [-0.4, -0.2) is 26.0 Å². The maximum atomic E-state index is 12.3. The average Bonchev–Trinajstić information content (AvgIpc) is 2.39. The number of methoxy groups -OCH3 is 1. The van der Waals surface area contributed by atoms with Crippen LogP contribution in [0.4, 0.5) is 0 Å². The minimum absolute atomic E-state index is 0.0506. The van der Waals surface area contributed by atoms with E-state index in [1.165, 1.54) is 0 Å². The zero-order valence-corrected chi connectivity index (χ0v) is 10.6. The second-order valence-electron chi connectivity index (χ2n) is 4.25. The Hall–Kier alpha value is -1.06. The highest BCUT2D eigenvalue weighted by atomic mass is 35.5. The van der Waals surface area contributed by atoms with Crippen LogP contribution in [0.2, 0.25) is 5.02 Å². The molecule has 0 amide bonds. The van der Waals surface area contributed by atoms with Gasteiger partial charge in [0.05, 0.1) is 12.1 Å². The van der Waals surface area contributed by atoms with Crippen LogP contribution < -0.4 is 10.1 Å². The fraction of sp³-hybridized carbons (Fsp3) is 0.462. The summed E-state index contributed by atoms with van der Waals surface area (Å²) in [5, 5.41) is 3.71. The summed E-state index contributed by atoms with van der Waals surface area (Å²) in [5.41, 5.74) is 0.598. The molecule has 17 heavy (non-hydrogen) atoms. The fourth-order valence-corrected chi connectivity index (χ4v) is 2.38. The van der Waals surface area contributed by atoms with Crippen LogP contribution in [-0.2, 0) is 0 Å². The number of piperidine rings is 1. The van der Waals surface area contributed by atoms with Gasteiger partial charge in [0.1, 0.15) is 5.75 Å². The molecular formula is C13H16ClNO2. The summed E-state index contributed by atoms with van der Waals surface area (Å²) in [6.07, 6.45) is 1.98. The molecule has 1 heterocycles. The van der Waals surface area contributed by atoms with E-state index in [-0.39, 0.29) is 11.7 Å². The number of hydrogen-bond acceptors (Lipinski definition) is 3. The summed E-state index contributed by atoms with van der Waals surface area (Å²) in [7, 11) is 1.58. The maximum absolute atomic E-state index is 12.3. The van der Waals surface area contributed by atoms with Crippen molar-refractivity contribution in [2.75, 3.05) is 20.2 Å². The third-order valence-corrected chi connectivity index (χ3v) is 3.42. The highest BCUT2D eigenvalue weighted by Gasteiger charge is 2.23. The largest absolute Gasteiger partial charge is 0.497 e. The molecule has 0 aromatic heterocycles. The van der Waals surface area contributed by atoms with Crippen molar-refractivity contribution in [3.05, 3.63) is 28.8 Å². The molecule has 1 unspecified atom stereocenters. The Morgan fingerprint density at radius 3 is 2.94 bits per heavy atom. The molecule has 1 atom stereocenters. The van der Waals surface area contributed by atoms with Crippen molar-refractivity contribution < 1.29 is 9.53 Å². The van der Waals surface area contributed by atoms with Crippen LogP contribution in [0.3, 0.4) is 0 Å². The van der Waals surface area contributed by atoms with Crippen LogP contribution >= 0.6 is 11.6 Å². The Balaban J connectivity index is 2.18. The molecule has 4 heteroatoms. The predicted octanol–water partition coefficient (Wildman–Crippen LogP) is 2.53. The summed E-state index contributed by atoms with van der Waals surface area (Å²) in [4.78, 5) is 12.3. The van der Waals surface area contributed by atoms with Crippen molar-refractivity contribution in [1.82, 2.24) is 5.32 Å². The van der Waals surface area contributed by atoms with Gasteiger partial charge in [-0.05, 0) is 37.6 Å². The third kappa shape index (κ3) is 2.79. The van der Waals surface area contributed by atoms with E-state index in [1.807, 2.05) is 0 Å². The van der Waals surface area contributed by atoms with E-state index >= 15 is 0 Å². The summed E-state index contributed by atoms with van der Waals surface area (Å²) in [6.45, 7) is 1.75. The number of benzene rings is 1. The van der Waals surface area contributed by atoms with Gasteiger partial charge in [0.15, 0.2) is 5.78 Å². The Morgan fingerprint density at radius 1 is 1.53 bits per heavy atom. The van der Waals surface area contributed by atoms with E-state index < -0.39 is 0 Å². The lowest BCUT2D eigenvalue weighted by molar-refractivity contribution is 0.0900. The number of carbonyl (C=O) groups is 1. The molecule has 0 spiro atoms. The first-order valence-electron chi connectivity index (χ1n) is 5.81. The number of halogens is 1. The number of Topliss-reactive ketones (excluding diaryl/α,β-unsaturated/α-hetero) is 1. The molecule has 1 fully saturated rings. The van der Waals surface area contributed by atoms with Crippen LogP contribution in [0.25, 0.3) is 0 Å². The molecule has 0 bridgehead atoms. The molecule has 1 aliphatic rings. The van der Waals surface area contributed by atoms with E-state index in [0.717, 1.165) is 25.9 Å². The molecule has 1 aromatic rings. The van der Waals surface area contributed by atoms with Gasteiger partial charge < -0.3 is 10.1 Å². The highest BCUT2D eigenvalue weighted by molar-refractivity contribution is 6.34. The topological polar surface area (TPSA) is 38.3 Å². The van der Waals surface area contributed by atoms with Crippen molar-refractivity contribution in [1.29, 1.82) is 0 Å². The van der Waals surface area contributed by atoms with Gasteiger partial charge in [0, 0.05) is 18.0 Å². The second-order valence-corrected chi connectivity index (χ2v) is 4.66. The number of hydrogen-bond donors (Lipinski definition) is 1. The van der Waals surface area contributed by atoms with Gasteiger partial charge in [-0.25, -0.2) is 0 Å². The molecule has 0 radical (unpaired) electrons. The molecule has 3 nitrogen and oxygen atoms in total. The Bertz CT molecular complexity index is 414. The average molecular weight is 254 g/mol. The van der Waals surface area contributed by atoms with Gasteiger partial charge in [-0.3, -0.25) is 4.79 Å². The minimum Gasteiger partial charge on any atom is -0.497 e. The summed E-state index contributed by atoms with van der Waals surface area (Å²) >= 11 is 6.10. The first-order valence-corrected chi connectivity index (χ1v) is 6.18. The van der Waals surface area contributed by atoms with Gasteiger partial charge >= 0.3 is 0 Å². The molecule has 1 aliphatic heterocycles. The number of rotatable bonds is 3. The first-order chi connectivity index (χ1) is 8.22. The Morgan fingerprint density at radius 2 is 2.35 bits per heavy atom. The Labute approximate surface area is 106 Å². The van der Waals surface area contributed by atoms with Crippen LogP contribution in [0.5, 0.6) is 5.75 Å². The zero-order chi connectivity index (χ0) is 12.3. The quantitative estimate of drug-likeness (QED) is 0.842. The lowest BCUT2D eigenvalue weighted by Gasteiger charge is -2.22. The lowest BCUT2D eigenvalue weighted by atomic mass is 9.91. The van der Waals surface area contributed by atoms with Gasteiger partial charge in [-0.15, -0.1) is 0 Å². The summed E-state index contributed by atoms with van der Waals surface area (Å²) < 4.78 is 5.07. The number of ether oxygens (including phenoxy) is 1. The van der Waals surface area contributed by atoms with Gasteiger partial charge in [-0.1, -0.05) is 11.6 Å². The summed E-state index contributed by atoms with van der Waals surface area (Å²) in [6, 6.07) is 5.21. The molecule has 2 rings (SSSR count). The standard InChI is InChI=1S/C13H16ClNO2/c1-17-10-4-5-11(12(14)7-10)13(16)9-3-2-6-15-8-9/h4-5,7,9,15H,2-3,6,8H2,1H3. The SMILES string of the molecule is COc1ccc(C(=O)C2CCCNC2)c(Cl)c1. The van der Waals surface area contributed by atoms with E-state index in [4.69, 9.17) is 16.3 Å². The van der Waals surface area contributed by atoms with Gasteiger partial charge in [0.2, 0.25) is 0 Å². The van der Waals surface area contributed by atoms with Crippen molar-refractivity contribution in [3.63, 3.8) is 0 Å². The zero-order valence-electron chi connectivity index (χ0n) is 9.83. The van der Waals surface area contributed by atoms with E-state index in [9.17, 15) is 4.79 Å². The van der Waals surface area contributed by atoms with Gasteiger partial charge in [0.25, 0.3) is 0 Å². The predicted molar refractivity (Wildman–Crippen MR) is 67.9 cm³/mol. The van der Waals surface area contributed by atoms with E-state index in [0.29, 0.717) is 16.3 Å². The Kier molecular flexibility index (Phi) is 4.02. The first kappa shape index (κ1) is 12.4. The third-order valence-electron chi connectivity index (χ3n) is 3.11. The normalized spacial score (nSPS) is 20.0. The van der Waals surface area contributed by atoms with Crippen molar-refractivity contribution >= 4 is 17.4 Å². The number of nitrogens with one attached hydrogen (secondary N) is 1. The second kappa shape index (κ2) is 5.52. The number of ketones is 1. The van der Waals surface area contributed by atoms with Crippen LogP contribution in [0.1, 0.15) is 23.2 Å². The molecule has 1 aromatic carbocycles. The molecular weight excluding hydrogens is 238 g/mol. The highest BCUT2D eigenvalue weighted by Crippen LogP contribution is 2.26. The van der Waals surface area contributed by atoms with E-state index in [2.05, 4.69) is 5.32 Å². The molecule has 0 aliphatic carbocycles. The van der Waals surface area contributed by atoms with E-state index in [1.54, 1.807) is 25.3 Å². The minimum atomic E-state index is 0.0506. The smallest absolute Gasteiger partial charge is 0.168 e. The molecule has 1 saturated heterocycles. The van der Waals surface area contributed by atoms with Crippen molar-refractivity contribution in [3.8, 4) is 5.75 Å². The summed E-state index contributed by atoms with van der Waals surface area (Å²) in [5.74, 6) is 0.854. The number of carbonyl (C=O) groups excluding carboxylic acids is 1. The van der Waals surface area contributed by atoms with Crippen molar-refractivity contribution in [2.45, 2.75) is 12.8 Å². The molecule has 0 saturated carbocycles. The lowest BCUT2D eigenvalue weighted by Crippen LogP contribution is -2.34. The monoisotopic (exact) mass is 253 g/mol. The van der Waals surface area contributed by atoms with Gasteiger partial charge in [-0.2, -0.15) is 0 Å². The van der Waals surface area contributed by atoms with Crippen LogP contribution in [0.15, 0.2) is 18.2 Å². The molecule has 92 valence electrons.